The fourth-order valence-corrected chi connectivity index (χ4v) is 1.95. The molecule has 94 valence electrons. The van der Waals surface area contributed by atoms with Crippen LogP contribution in [0.4, 0.5) is 10.1 Å². The number of aryl methyl sites for hydroxylation is 1. The van der Waals surface area contributed by atoms with Gasteiger partial charge in [-0.15, -0.1) is 0 Å². The van der Waals surface area contributed by atoms with Crippen molar-refractivity contribution >= 4 is 17.3 Å². The van der Waals surface area contributed by atoms with Crippen LogP contribution in [-0.2, 0) is 0 Å². The van der Waals surface area contributed by atoms with Crippen molar-refractivity contribution in [2.24, 2.45) is 0 Å². The number of benzene rings is 2. The second kappa shape index (κ2) is 5.40. The van der Waals surface area contributed by atoms with Crippen LogP contribution in [0.25, 0.3) is 0 Å². The van der Waals surface area contributed by atoms with Gasteiger partial charge in [-0.05, 0) is 37.6 Å². The Balaban J connectivity index is 2.13. The van der Waals surface area contributed by atoms with Crippen LogP contribution in [0.2, 0.25) is 5.02 Å². The molecular weight excluding hydrogens is 249 g/mol. The number of hydrogen-bond acceptors (Lipinski definition) is 1. The summed E-state index contributed by atoms with van der Waals surface area (Å²) in [7, 11) is 0. The lowest BCUT2D eigenvalue weighted by Crippen LogP contribution is -2.06. The molecule has 2 rings (SSSR count). The minimum Gasteiger partial charge on any atom is -0.378 e. The van der Waals surface area contributed by atoms with Gasteiger partial charge < -0.3 is 5.32 Å². The highest BCUT2D eigenvalue weighted by atomic mass is 35.5. The maximum Gasteiger partial charge on any atom is 0.141 e. The summed E-state index contributed by atoms with van der Waals surface area (Å²) in [5, 5.41) is 3.43. The van der Waals surface area contributed by atoms with E-state index in [-0.39, 0.29) is 11.1 Å². The molecule has 2 aromatic carbocycles. The Kier molecular flexibility index (Phi) is 3.87. The Morgan fingerprint density at radius 3 is 2.39 bits per heavy atom. The highest BCUT2D eigenvalue weighted by Crippen LogP contribution is 2.23. The summed E-state index contributed by atoms with van der Waals surface area (Å²) >= 11 is 5.75. The molecule has 0 saturated heterocycles. The standard InChI is InChI=1S/C15H15ClFN/c1-10-3-5-12(6-4-10)11(2)18-13-7-8-15(17)14(16)9-13/h3-9,11,18H,1-2H3. The Morgan fingerprint density at radius 1 is 1.11 bits per heavy atom. The molecule has 0 spiro atoms. The van der Waals surface area contributed by atoms with E-state index in [0.717, 1.165) is 5.69 Å². The molecule has 0 amide bonds. The minimum atomic E-state index is -0.398. The molecule has 1 unspecified atom stereocenters. The monoisotopic (exact) mass is 263 g/mol. The van der Waals surface area contributed by atoms with E-state index in [1.54, 1.807) is 12.1 Å². The predicted molar refractivity (Wildman–Crippen MR) is 74.6 cm³/mol. The van der Waals surface area contributed by atoms with E-state index >= 15 is 0 Å². The molecular formula is C15H15ClFN. The predicted octanol–water partition coefficient (Wildman–Crippen LogP) is 4.96. The van der Waals surface area contributed by atoms with Crippen molar-refractivity contribution in [2.75, 3.05) is 5.32 Å². The third-order valence-corrected chi connectivity index (χ3v) is 3.17. The molecule has 0 aliphatic carbocycles. The highest BCUT2D eigenvalue weighted by molar-refractivity contribution is 6.31. The zero-order valence-electron chi connectivity index (χ0n) is 10.4. The molecule has 0 aromatic heterocycles. The molecule has 2 aromatic rings. The van der Waals surface area contributed by atoms with Gasteiger partial charge in [-0.25, -0.2) is 4.39 Å². The summed E-state index contributed by atoms with van der Waals surface area (Å²) in [6.45, 7) is 4.11. The number of rotatable bonds is 3. The second-order valence-electron chi connectivity index (χ2n) is 4.41. The average molecular weight is 264 g/mol. The van der Waals surface area contributed by atoms with Gasteiger partial charge in [-0.2, -0.15) is 0 Å². The molecule has 0 heterocycles. The summed E-state index contributed by atoms with van der Waals surface area (Å²) < 4.78 is 13.0. The Bertz CT molecular complexity index is 537. The van der Waals surface area contributed by atoms with Crippen molar-refractivity contribution in [1.29, 1.82) is 0 Å². The molecule has 0 saturated carbocycles. The van der Waals surface area contributed by atoms with Crippen molar-refractivity contribution in [3.05, 3.63) is 64.4 Å². The van der Waals surface area contributed by atoms with Crippen molar-refractivity contribution in [3.8, 4) is 0 Å². The highest BCUT2D eigenvalue weighted by Gasteiger charge is 2.06. The third kappa shape index (κ3) is 3.02. The average Bonchev–Trinajstić information content (AvgIpc) is 2.34. The van der Waals surface area contributed by atoms with Crippen LogP contribution in [0, 0.1) is 12.7 Å². The molecule has 1 nitrogen and oxygen atoms in total. The number of nitrogens with one attached hydrogen (secondary N) is 1. The maximum absolute atomic E-state index is 13.0. The summed E-state index contributed by atoms with van der Waals surface area (Å²) in [6, 6.07) is 13.1. The zero-order valence-corrected chi connectivity index (χ0v) is 11.1. The molecule has 1 atom stereocenters. The van der Waals surface area contributed by atoms with Crippen molar-refractivity contribution in [1.82, 2.24) is 0 Å². The lowest BCUT2D eigenvalue weighted by atomic mass is 10.1. The van der Waals surface area contributed by atoms with Crippen LogP contribution in [0.5, 0.6) is 0 Å². The largest absolute Gasteiger partial charge is 0.378 e. The summed E-state index contributed by atoms with van der Waals surface area (Å²) in [6.07, 6.45) is 0. The maximum atomic E-state index is 13.0. The number of hydrogen-bond donors (Lipinski definition) is 1. The van der Waals surface area contributed by atoms with Crippen molar-refractivity contribution in [2.45, 2.75) is 19.9 Å². The number of halogens is 2. The van der Waals surface area contributed by atoms with E-state index < -0.39 is 5.82 Å². The first-order valence-electron chi connectivity index (χ1n) is 5.84. The van der Waals surface area contributed by atoms with Gasteiger partial charge in [0.1, 0.15) is 5.82 Å². The van der Waals surface area contributed by atoms with Gasteiger partial charge in [0.15, 0.2) is 0 Å². The SMILES string of the molecule is Cc1ccc(C(C)Nc2ccc(F)c(Cl)c2)cc1. The smallest absolute Gasteiger partial charge is 0.141 e. The fourth-order valence-electron chi connectivity index (χ4n) is 1.77. The normalized spacial score (nSPS) is 12.2. The van der Waals surface area contributed by atoms with E-state index in [1.165, 1.54) is 17.2 Å². The fraction of sp³-hybridized carbons (Fsp3) is 0.200. The molecule has 0 aliphatic heterocycles. The summed E-state index contributed by atoms with van der Waals surface area (Å²) in [5.74, 6) is -0.398. The molecule has 1 N–H and O–H groups in total. The summed E-state index contributed by atoms with van der Waals surface area (Å²) in [5.41, 5.74) is 3.23. The topological polar surface area (TPSA) is 12.0 Å². The molecule has 3 heteroatoms. The first-order chi connectivity index (χ1) is 8.56. The molecule has 0 aliphatic rings. The van der Waals surface area contributed by atoms with E-state index in [1.807, 2.05) is 0 Å². The van der Waals surface area contributed by atoms with Crippen LogP contribution >= 0.6 is 11.6 Å². The quantitative estimate of drug-likeness (QED) is 0.825. The Morgan fingerprint density at radius 2 is 1.78 bits per heavy atom. The van der Waals surface area contributed by atoms with Crippen LogP contribution < -0.4 is 5.32 Å². The van der Waals surface area contributed by atoms with Crippen LogP contribution in [0.3, 0.4) is 0 Å². The van der Waals surface area contributed by atoms with E-state index in [4.69, 9.17) is 11.6 Å². The molecule has 0 bridgehead atoms. The first-order valence-corrected chi connectivity index (χ1v) is 6.22. The first kappa shape index (κ1) is 12.9. The Hall–Kier alpha value is -1.54. The third-order valence-electron chi connectivity index (χ3n) is 2.88. The lowest BCUT2D eigenvalue weighted by Gasteiger charge is -2.16. The van der Waals surface area contributed by atoms with Gasteiger partial charge in [0, 0.05) is 11.7 Å². The van der Waals surface area contributed by atoms with Gasteiger partial charge in [0.25, 0.3) is 0 Å². The lowest BCUT2D eigenvalue weighted by molar-refractivity contribution is 0.628. The number of anilines is 1. The van der Waals surface area contributed by atoms with Crippen LogP contribution in [0.15, 0.2) is 42.5 Å². The van der Waals surface area contributed by atoms with E-state index in [9.17, 15) is 4.39 Å². The molecule has 0 fully saturated rings. The summed E-state index contributed by atoms with van der Waals surface area (Å²) in [4.78, 5) is 0. The van der Waals surface area contributed by atoms with Crippen LogP contribution in [-0.4, -0.2) is 0 Å². The molecule has 18 heavy (non-hydrogen) atoms. The van der Waals surface area contributed by atoms with Gasteiger partial charge >= 0.3 is 0 Å². The zero-order chi connectivity index (χ0) is 13.1. The van der Waals surface area contributed by atoms with Crippen LogP contribution in [0.1, 0.15) is 24.1 Å². The minimum absolute atomic E-state index is 0.135. The van der Waals surface area contributed by atoms with Crippen molar-refractivity contribution in [3.63, 3.8) is 0 Å². The Labute approximate surface area is 112 Å². The van der Waals surface area contributed by atoms with E-state index in [2.05, 4.69) is 43.4 Å². The van der Waals surface area contributed by atoms with Gasteiger partial charge in [0.05, 0.1) is 5.02 Å². The second-order valence-corrected chi connectivity index (χ2v) is 4.81. The van der Waals surface area contributed by atoms with Gasteiger partial charge in [-0.1, -0.05) is 41.4 Å². The molecule has 0 radical (unpaired) electrons. The van der Waals surface area contributed by atoms with E-state index in [0.29, 0.717) is 0 Å². The van der Waals surface area contributed by atoms with Gasteiger partial charge in [0.2, 0.25) is 0 Å². The van der Waals surface area contributed by atoms with Gasteiger partial charge in [-0.3, -0.25) is 0 Å². The van der Waals surface area contributed by atoms with Crippen molar-refractivity contribution < 1.29 is 4.39 Å².